The van der Waals surface area contributed by atoms with Gasteiger partial charge in [0.25, 0.3) is 0 Å². The molecule has 0 aromatic carbocycles. The van der Waals surface area contributed by atoms with Gasteiger partial charge in [0.2, 0.25) is 0 Å². The van der Waals surface area contributed by atoms with E-state index in [9.17, 15) is 8.42 Å². The molecule has 0 saturated heterocycles. The van der Waals surface area contributed by atoms with E-state index in [1.165, 1.54) is 17.8 Å². The molecule has 0 fully saturated rings. The maximum Gasteiger partial charge on any atom is 0.147 e. The monoisotopic (exact) mass is 249 g/mol. The van der Waals surface area contributed by atoms with E-state index in [2.05, 4.69) is 14.9 Å². The molecule has 0 aliphatic heterocycles. The Labute approximate surface area is 94.0 Å². The van der Waals surface area contributed by atoms with E-state index in [1.807, 2.05) is 12.4 Å². The molecule has 86 valence electrons. The molecule has 1 heterocycles. The van der Waals surface area contributed by atoms with Crippen LogP contribution in [0.1, 0.15) is 24.6 Å². The Morgan fingerprint density at radius 1 is 1.60 bits per heavy atom. The van der Waals surface area contributed by atoms with E-state index in [-0.39, 0.29) is 11.8 Å². The minimum Gasteiger partial charge on any atom is -0.312 e. The van der Waals surface area contributed by atoms with E-state index in [0.717, 1.165) is 12.1 Å². The summed E-state index contributed by atoms with van der Waals surface area (Å²) in [6, 6.07) is 0.102. The molecule has 0 amide bonds. The van der Waals surface area contributed by atoms with Crippen LogP contribution in [0, 0.1) is 0 Å². The lowest BCUT2D eigenvalue weighted by molar-refractivity contribution is 0.524. The van der Waals surface area contributed by atoms with Gasteiger partial charge in [-0.3, -0.25) is 0 Å². The molecule has 0 radical (unpaired) electrons. The molecule has 7 heteroatoms. The number of sulfone groups is 1. The second kappa shape index (κ2) is 5.53. The molecule has 5 nitrogen and oxygen atoms in total. The topological polar surface area (TPSA) is 72.0 Å². The van der Waals surface area contributed by atoms with Crippen molar-refractivity contribution in [2.75, 3.05) is 19.1 Å². The molecule has 1 aromatic rings. The van der Waals surface area contributed by atoms with Gasteiger partial charge in [-0.2, -0.15) is 0 Å². The minimum absolute atomic E-state index is 0.102. The van der Waals surface area contributed by atoms with Crippen LogP contribution in [0.4, 0.5) is 0 Å². The average Bonchev–Trinajstić information content (AvgIpc) is 2.63. The summed E-state index contributed by atoms with van der Waals surface area (Å²) in [5.41, 5.74) is 0.885. The number of aromatic nitrogens is 2. The van der Waals surface area contributed by atoms with E-state index < -0.39 is 9.84 Å². The largest absolute Gasteiger partial charge is 0.312 e. The maximum absolute atomic E-state index is 10.9. The van der Waals surface area contributed by atoms with Crippen LogP contribution < -0.4 is 5.32 Å². The molecule has 0 bridgehead atoms. The van der Waals surface area contributed by atoms with Crippen LogP contribution in [-0.4, -0.2) is 37.1 Å². The summed E-state index contributed by atoms with van der Waals surface area (Å²) in [7, 11) is -1.02. The van der Waals surface area contributed by atoms with Crippen molar-refractivity contribution >= 4 is 21.4 Å². The van der Waals surface area contributed by atoms with Crippen molar-refractivity contribution in [3.8, 4) is 0 Å². The molecular weight excluding hydrogens is 234 g/mol. The van der Waals surface area contributed by atoms with Gasteiger partial charge >= 0.3 is 0 Å². The molecule has 1 N–H and O–H groups in total. The molecule has 1 unspecified atom stereocenters. The van der Waals surface area contributed by atoms with E-state index in [1.54, 1.807) is 0 Å². The summed E-state index contributed by atoms with van der Waals surface area (Å²) in [5.74, 6) is 0.225. The van der Waals surface area contributed by atoms with Gasteiger partial charge in [0.05, 0.1) is 11.7 Å². The van der Waals surface area contributed by atoms with E-state index in [4.69, 9.17) is 0 Å². The van der Waals surface area contributed by atoms with Gasteiger partial charge in [0.15, 0.2) is 0 Å². The van der Waals surface area contributed by atoms with Crippen LogP contribution in [0.2, 0.25) is 0 Å². The first-order chi connectivity index (χ1) is 7.03. The SMILES string of the molecule is CNC(CCCS(C)(=O)=O)c1csnn1. The normalized spacial score (nSPS) is 14.0. The highest BCUT2D eigenvalue weighted by atomic mass is 32.2. The van der Waals surface area contributed by atoms with E-state index >= 15 is 0 Å². The van der Waals surface area contributed by atoms with Gasteiger partial charge in [0.1, 0.15) is 9.84 Å². The zero-order valence-corrected chi connectivity index (χ0v) is 10.4. The molecule has 0 aliphatic rings. The zero-order chi connectivity index (χ0) is 11.3. The molecule has 1 aromatic heterocycles. The molecule has 0 aliphatic carbocycles. The minimum atomic E-state index is -2.86. The number of nitrogens with zero attached hydrogens (tertiary/aromatic N) is 2. The fourth-order valence-electron chi connectivity index (χ4n) is 1.31. The number of hydrogen-bond donors (Lipinski definition) is 1. The van der Waals surface area contributed by atoms with Crippen molar-refractivity contribution in [3.63, 3.8) is 0 Å². The lowest BCUT2D eigenvalue weighted by Crippen LogP contribution is -2.18. The lowest BCUT2D eigenvalue weighted by atomic mass is 10.1. The van der Waals surface area contributed by atoms with Crippen LogP contribution in [0.15, 0.2) is 5.38 Å². The zero-order valence-electron chi connectivity index (χ0n) is 8.80. The third kappa shape index (κ3) is 4.67. The summed E-state index contributed by atoms with van der Waals surface area (Å²) in [4.78, 5) is 0. The van der Waals surface area contributed by atoms with Gasteiger partial charge in [-0.25, -0.2) is 8.42 Å². The van der Waals surface area contributed by atoms with Crippen LogP contribution in [0.3, 0.4) is 0 Å². The third-order valence-corrected chi connectivity index (χ3v) is 3.64. The van der Waals surface area contributed by atoms with Crippen LogP contribution >= 0.6 is 11.5 Å². The summed E-state index contributed by atoms with van der Waals surface area (Å²) >= 11 is 1.30. The third-order valence-electron chi connectivity index (χ3n) is 2.09. The van der Waals surface area contributed by atoms with Crippen LogP contribution in [0.25, 0.3) is 0 Å². The Morgan fingerprint density at radius 2 is 2.33 bits per heavy atom. The fourth-order valence-corrected chi connectivity index (χ4v) is 2.51. The molecule has 1 rings (SSSR count). The summed E-state index contributed by atoms with van der Waals surface area (Å²) in [6.45, 7) is 0. The van der Waals surface area contributed by atoms with Crippen molar-refractivity contribution < 1.29 is 8.42 Å². The fraction of sp³-hybridized carbons (Fsp3) is 0.750. The maximum atomic E-state index is 10.9. The molecule has 0 spiro atoms. The Balaban J connectivity index is 2.42. The van der Waals surface area contributed by atoms with Gasteiger partial charge in [-0.05, 0) is 31.4 Å². The number of rotatable bonds is 6. The van der Waals surface area contributed by atoms with Gasteiger partial charge < -0.3 is 5.32 Å². The van der Waals surface area contributed by atoms with Crippen molar-refractivity contribution in [1.29, 1.82) is 0 Å². The van der Waals surface area contributed by atoms with Crippen molar-refractivity contribution in [2.45, 2.75) is 18.9 Å². The Bertz CT molecular complexity index is 375. The summed E-state index contributed by atoms with van der Waals surface area (Å²) < 4.78 is 25.7. The Hall–Kier alpha value is -0.530. The molecule has 1 atom stereocenters. The number of nitrogens with one attached hydrogen (secondary N) is 1. The summed E-state index contributed by atoms with van der Waals surface area (Å²) in [6.07, 6.45) is 2.66. The predicted molar refractivity (Wildman–Crippen MR) is 60.7 cm³/mol. The highest BCUT2D eigenvalue weighted by Crippen LogP contribution is 2.16. The first-order valence-electron chi connectivity index (χ1n) is 4.65. The van der Waals surface area contributed by atoms with Crippen molar-refractivity contribution in [1.82, 2.24) is 14.9 Å². The van der Waals surface area contributed by atoms with Gasteiger partial charge in [-0.1, -0.05) is 4.49 Å². The predicted octanol–water partition coefficient (Wildman–Crippen LogP) is 0.623. The van der Waals surface area contributed by atoms with E-state index in [0.29, 0.717) is 6.42 Å². The standard InChI is InChI=1S/C8H15N3O2S2/c1-9-7(8-6-14-11-10-8)4-3-5-15(2,12)13/h6-7,9H,3-5H2,1-2H3. The van der Waals surface area contributed by atoms with Crippen molar-refractivity contribution in [3.05, 3.63) is 11.1 Å². The molecule has 0 saturated carbocycles. The first-order valence-corrected chi connectivity index (χ1v) is 7.54. The van der Waals surface area contributed by atoms with Gasteiger partial charge in [-0.15, -0.1) is 5.10 Å². The Kier molecular flexibility index (Phi) is 4.62. The number of hydrogen-bond acceptors (Lipinski definition) is 6. The smallest absolute Gasteiger partial charge is 0.147 e. The van der Waals surface area contributed by atoms with Crippen molar-refractivity contribution in [2.24, 2.45) is 0 Å². The lowest BCUT2D eigenvalue weighted by Gasteiger charge is -2.12. The first kappa shape index (κ1) is 12.5. The highest BCUT2D eigenvalue weighted by Gasteiger charge is 2.12. The van der Waals surface area contributed by atoms with Gasteiger partial charge in [0, 0.05) is 17.4 Å². The quantitative estimate of drug-likeness (QED) is 0.800. The second-order valence-electron chi connectivity index (χ2n) is 3.44. The van der Waals surface area contributed by atoms with Crippen LogP contribution in [0.5, 0.6) is 0 Å². The van der Waals surface area contributed by atoms with Crippen LogP contribution in [-0.2, 0) is 9.84 Å². The molecule has 15 heavy (non-hydrogen) atoms. The molecular formula is C8H15N3O2S2. The highest BCUT2D eigenvalue weighted by molar-refractivity contribution is 7.90. The second-order valence-corrected chi connectivity index (χ2v) is 6.31. The average molecular weight is 249 g/mol. The summed E-state index contributed by atoms with van der Waals surface area (Å²) in [5, 5.41) is 8.94. The Morgan fingerprint density at radius 3 is 2.80 bits per heavy atom.